The Balaban J connectivity index is 0.00000103. The second kappa shape index (κ2) is 6.55. The number of carbonyl (C=O) groups excluding carboxylic acids is 1. The number of nitrogens with two attached hydrogens (primary N) is 1. The summed E-state index contributed by atoms with van der Waals surface area (Å²) in [6, 6.07) is 13.8. The van der Waals surface area contributed by atoms with Gasteiger partial charge in [-0.15, -0.1) is 0 Å². The van der Waals surface area contributed by atoms with Crippen molar-refractivity contribution in [1.82, 2.24) is 0 Å². The van der Waals surface area contributed by atoms with Crippen LogP contribution in [0, 0.1) is 5.82 Å². The lowest BCUT2D eigenvalue weighted by molar-refractivity contribution is 0.0996. The van der Waals surface area contributed by atoms with Crippen LogP contribution in [0.2, 0.25) is 0 Å². The maximum Gasteiger partial charge on any atom is 0.251 e. The maximum absolute atomic E-state index is 13.5. The average Bonchev–Trinajstić information content (AvgIpc) is 2.41. The molecule has 1 amide bonds. The summed E-state index contributed by atoms with van der Waals surface area (Å²) >= 11 is 0. The van der Waals surface area contributed by atoms with Crippen molar-refractivity contribution < 1.29 is 10.6 Å². The van der Waals surface area contributed by atoms with Crippen LogP contribution < -0.4 is 5.73 Å². The van der Waals surface area contributed by atoms with Gasteiger partial charge in [0.05, 0.1) is 5.56 Å². The summed E-state index contributed by atoms with van der Waals surface area (Å²) in [4.78, 5) is 10.9. The molecular formula is C15H18FNO. The number of rotatable bonds is 2. The van der Waals surface area contributed by atoms with Crippen molar-refractivity contribution >= 4 is 5.91 Å². The highest BCUT2D eigenvalue weighted by Gasteiger charge is 2.08. The molecule has 0 aliphatic heterocycles. The summed E-state index contributed by atoms with van der Waals surface area (Å²) in [6.45, 7) is 4.00. The molecule has 0 radical (unpaired) electrons. The summed E-state index contributed by atoms with van der Waals surface area (Å²) in [5.41, 5.74) is 6.57. The van der Waals surface area contributed by atoms with Gasteiger partial charge in [-0.2, -0.15) is 0 Å². The van der Waals surface area contributed by atoms with Gasteiger partial charge in [0.15, 0.2) is 0 Å². The third-order valence-corrected chi connectivity index (χ3v) is 2.34. The van der Waals surface area contributed by atoms with E-state index in [2.05, 4.69) is 0 Å². The molecule has 2 rings (SSSR count). The highest BCUT2D eigenvalue weighted by Crippen LogP contribution is 2.21. The van der Waals surface area contributed by atoms with E-state index in [1.165, 1.54) is 12.1 Å². The molecule has 96 valence electrons. The lowest BCUT2D eigenvalue weighted by atomic mass is 10.0. The SMILES string of the molecule is CC.NC(=O)c1ccc(-c2ccccc2)cc1F.[HH]. The Bertz CT molecular complexity index is 529. The molecule has 18 heavy (non-hydrogen) atoms. The molecule has 2 aromatic carbocycles. The fourth-order valence-corrected chi connectivity index (χ4v) is 1.53. The quantitative estimate of drug-likeness (QED) is 0.860. The van der Waals surface area contributed by atoms with Gasteiger partial charge in [-0.05, 0) is 23.3 Å². The number of hydrogen-bond acceptors (Lipinski definition) is 1. The third-order valence-electron chi connectivity index (χ3n) is 2.34. The van der Waals surface area contributed by atoms with Crippen molar-refractivity contribution in [3.8, 4) is 11.1 Å². The number of carbonyl (C=O) groups is 1. The van der Waals surface area contributed by atoms with Gasteiger partial charge in [-0.25, -0.2) is 4.39 Å². The summed E-state index contributed by atoms with van der Waals surface area (Å²) in [7, 11) is 0. The Hall–Kier alpha value is -2.16. The van der Waals surface area contributed by atoms with Gasteiger partial charge in [-0.1, -0.05) is 50.2 Å². The van der Waals surface area contributed by atoms with E-state index in [-0.39, 0.29) is 6.99 Å². The summed E-state index contributed by atoms with van der Waals surface area (Å²) in [5.74, 6) is -1.34. The molecule has 0 bridgehead atoms. The van der Waals surface area contributed by atoms with Gasteiger partial charge in [-0.3, -0.25) is 4.79 Å². The fourth-order valence-electron chi connectivity index (χ4n) is 1.53. The van der Waals surface area contributed by atoms with Gasteiger partial charge in [0, 0.05) is 1.43 Å². The lowest BCUT2D eigenvalue weighted by Gasteiger charge is -2.03. The normalized spacial score (nSPS) is 9.28. The molecule has 2 N–H and O–H groups in total. The van der Waals surface area contributed by atoms with Crippen molar-refractivity contribution in [2.24, 2.45) is 5.73 Å². The van der Waals surface area contributed by atoms with E-state index in [1.54, 1.807) is 6.07 Å². The lowest BCUT2D eigenvalue weighted by Crippen LogP contribution is -2.12. The first kappa shape index (κ1) is 13.9. The smallest absolute Gasteiger partial charge is 0.251 e. The fraction of sp³-hybridized carbons (Fsp3) is 0.133. The van der Waals surface area contributed by atoms with E-state index in [9.17, 15) is 9.18 Å². The van der Waals surface area contributed by atoms with Crippen LogP contribution in [0.5, 0.6) is 0 Å². The van der Waals surface area contributed by atoms with Crippen LogP contribution >= 0.6 is 0 Å². The standard InChI is InChI=1S/C13H10FNO.C2H6.H2/c14-12-8-10(6-7-11(12)13(15)16)9-4-2-1-3-5-9;1-2;/h1-8H,(H2,15,16);1-2H3;1H. The zero-order valence-electron chi connectivity index (χ0n) is 10.5. The van der Waals surface area contributed by atoms with Crippen LogP contribution in [-0.4, -0.2) is 5.91 Å². The van der Waals surface area contributed by atoms with E-state index >= 15 is 0 Å². The number of benzene rings is 2. The molecule has 0 saturated carbocycles. The first-order valence-corrected chi connectivity index (χ1v) is 5.83. The van der Waals surface area contributed by atoms with Gasteiger partial charge in [0.1, 0.15) is 5.82 Å². The van der Waals surface area contributed by atoms with E-state index < -0.39 is 11.7 Å². The predicted octanol–water partition coefficient (Wildman–Crippen LogP) is 3.86. The first-order chi connectivity index (χ1) is 8.68. The maximum atomic E-state index is 13.5. The largest absolute Gasteiger partial charge is 0.366 e. The van der Waals surface area contributed by atoms with E-state index in [0.717, 1.165) is 11.1 Å². The Morgan fingerprint density at radius 2 is 1.67 bits per heavy atom. The summed E-state index contributed by atoms with van der Waals surface area (Å²) < 4.78 is 13.5. The second-order valence-corrected chi connectivity index (χ2v) is 3.42. The van der Waals surface area contributed by atoms with Gasteiger partial charge in [0.2, 0.25) is 0 Å². The van der Waals surface area contributed by atoms with Crippen molar-refractivity contribution in [3.05, 3.63) is 59.9 Å². The average molecular weight is 247 g/mol. The molecule has 2 aromatic rings. The number of amides is 1. The van der Waals surface area contributed by atoms with Crippen molar-refractivity contribution in [1.29, 1.82) is 0 Å². The van der Waals surface area contributed by atoms with Crippen LogP contribution in [0.1, 0.15) is 25.6 Å². The van der Waals surface area contributed by atoms with Gasteiger partial charge in [0.25, 0.3) is 5.91 Å². The molecule has 3 heteroatoms. The third kappa shape index (κ3) is 3.17. The molecule has 2 nitrogen and oxygen atoms in total. The molecule has 0 spiro atoms. The molecule has 0 unspecified atom stereocenters. The van der Waals surface area contributed by atoms with Crippen molar-refractivity contribution in [2.45, 2.75) is 13.8 Å². The van der Waals surface area contributed by atoms with Crippen LogP contribution in [0.25, 0.3) is 11.1 Å². The van der Waals surface area contributed by atoms with Crippen LogP contribution in [0.4, 0.5) is 4.39 Å². The van der Waals surface area contributed by atoms with E-state index in [0.29, 0.717) is 0 Å². The highest BCUT2D eigenvalue weighted by molar-refractivity contribution is 5.93. The molecule has 0 aromatic heterocycles. The minimum absolute atomic E-state index is 0. The minimum Gasteiger partial charge on any atom is -0.366 e. The molecule has 0 aliphatic carbocycles. The Morgan fingerprint density at radius 3 is 2.17 bits per heavy atom. The molecule has 0 heterocycles. The van der Waals surface area contributed by atoms with Crippen LogP contribution in [0.3, 0.4) is 0 Å². The number of halogens is 1. The van der Waals surface area contributed by atoms with Crippen LogP contribution in [-0.2, 0) is 0 Å². The molecule has 0 fully saturated rings. The topological polar surface area (TPSA) is 43.1 Å². The van der Waals surface area contributed by atoms with Gasteiger partial charge < -0.3 is 5.73 Å². The highest BCUT2D eigenvalue weighted by atomic mass is 19.1. The molecular weight excluding hydrogens is 229 g/mol. The molecule has 0 aliphatic rings. The van der Waals surface area contributed by atoms with Crippen molar-refractivity contribution in [3.63, 3.8) is 0 Å². The van der Waals surface area contributed by atoms with E-state index in [4.69, 9.17) is 5.73 Å². The minimum atomic E-state index is -0.753. The van der Waals surface area contributed by atoms with Gasteiger partial charge >= 0.3 is 0 Å². The first-order valence-electron chi connectivity index (χ1n) is 5.83. The Kier molecular flexibility index (Phi) is 5.06. The number of primary amides is 1. The number of hydrogen-bond donors (Lipinski definition) is 1. The summed E-state index contributed by atoms with van der Waals surface area (Å²) in [6.07, 6.45) is 0. The second-order valence-electron chi connectivity index (χ2n) is 3.42. The Morgan fingerprint density at radius 1 is 1.06 bits per heavy atom. The van der Waals surface area contributed by atoms with Crippen LogP contribution in [0.15, 0.2) is 48.5 Å². The molecule has 0 saturated heterocycles. The van der Waals surface area contributed by atoms with Crippen molar-refractivity contribution in [2.75, 3.05) is 0 Å². The zero-order valence-corrected chi connectivity index (χ0v) is 10.5. The summed E-state index contributed by atoms with van der Waals surface area (Å²) in [5, 5.41) is 0. The predicted molar refractivity (Wildman–Crippen MR) is 73.8 cm³/mol. The monoisotopic (exact) mass is 247 g/mol. The zero-order chi connectivity index (χ0) is 13.5. The molecule has 0 atom stereocenters. The van der Waals surface area contributed by atoms with E-state index in [1.807, 2.05) is 44.2 Å². The Labute approximate surface area is 108 Å².